The first-order valence-electron chi connectivity index (χ1n) is 8.54. The predicted molar refractivity (Wildman–Crippen MR) is 98.3 cm³/mol. The van der Waals surface area contributed by atoms with E-state index in [1.165, 1.54) is 13.0 Å². The van der Waals surface area contributed by atoms with Gasteiger partial charge in [0.05, 0.1) is 11.2 Å². The molecule has 1 unspecified atom stereocenters. The number of hydrogen-bond donors (Lipinski definition) is 4. The topological polar surface area (TPSA) is 98.7 Å². The second-order valence-corrected chi connectivity index (χ2v) is 6.70. The van der Waals surface area contributed by atoms with E-state index in [-0.39, 0.29) is 29.5 Å². The molecular weight excluding hydrogens is 332 g/mol. The molecule has 136 valence electrons. The Bertz CT molecular complexity index is 841. The number of nitrogens with one attached hydrogen (secondary N) is 2. The van der Waals surface area contributed by atoms with Crippen molar-refractivity contribution in [2.45, 2.75) is 18.9 Å². The van der Waals surface area contributed by atoms with E-state index < -0.39 is 5.60 Å². The molecule has 6 heteroatoms. The van der Waals surface area contributed by atoms with Crippen molar-refractivity contribution in [2.75, 3.05) is 19.6 Å². The fourth-order valence-electron chi connectivity index (χ4n) is 3.07. The number of phenols is 1. The third-order valence-electron chi connectivity index (χ3n) is 4.63. The average molecular weight is 354 g/mol. The Morgan fingerprint density at radius 2 is 1.96 bits per heavy atom. The van der Waals surface area contributed by atoms with Crippen molar-refractivity contribution < 1.29 is 19.8 Å². The first kappa shape index (κ1) is 18.1. The highest BCUT2D eigenvalue weighted by Gasteiger charge is 2.31. The molecule has 1 heterocycles. The van der Waals surface area contributed by atoms with E-state index in [1.807, 2.05) is 6.07 Å². The lowest BCUT2D eigenvalue weighted by Crippen LogP contribution is -2.44. The van der Waals surface area contributed by atoms with Crippen LogP contribution in [0.5, 0.6) is 5.75 Å². The molecule has 0 aliphatic carbocycles. The highest BCUT2D eigenvalue weighted by atomic mass is 16.3. The smallest absolute Gasteiger partial charge is 0.251 e. The summed E-state index contributed by atoms with van der Waals surface area (Å²) >= 11 is 0. The van der Waals surface area contributed by atoms with Crippen LogP contribution in [0, 0.1) is 0 Å². The lowest BCUT2D eigenvalue weighted by atomic mass is 9.99. The van der Waals surface area contributed by atoms with Gasteiger partial charge in [-0.05, 0) is 55.3 Å². The molecule has 4 N–H and O–H groups in total. The quantitative estimate of drug-likeness (QED) is 0.613. The number of phenolic OH excluding ortho intramolecular Hbond substituents is 1. The van der Waals surface area contributed by atoms with Gasteiger partial charge in [-0.2, -0.15) is 0 Å². The molecule has 1 atom stereocenters. The van der Waals surface area contributed by atoms with Gasteiger partial charge in [-0.15, -0.1) is 0 Å². The molecule has 1 aliphatic rings. The first-order chi connectivity index (χ1) is 12.4. The summed E-state index contributed by atoms with van der Waals surface area (Å²) in [5.74, 6) is -0.553. The predicted octanol–water partition coefficient (Wildman–Crippen LogP) is 1.72. The molecule has 1 fully saturated rings. The van der Waals surface area contributed by atoms with Crippen molar-refractivity contribution in [3.05, 3.63) is 53.6 Å². The number of Topliss-reactive ketones (excluding diaryl/α,β-unsaturated/α-hetero) is 1. The van der Waals surface area contributed by atoms with Gasteiger partial charge in [0.25, 0.3) is 5.91 Å². The number of carbonyl (C=O) groups excluding carboxylic acids is 2. The molecule has 0 spiro atoms. The molecule has 0 radical (unpaired) electrons. The number of β-amino-alcohol motifs (C(OH)–C–C–N with tert-alkyl or cyclic N) is 1. The van der Waals surface area contributed by atoms with Gasteiger partial charge in [0, 0.05) is 18.7 Å². The maximum absolute atomic E-state index is 12.4. The molecule has 3 rings (SSSR count). The largest absolute Gasteiger partial charge is 0.507 e. The van der Waals surface area contributed by atoms with E-state index in [9.17, 15) is 19.8 Å². The van der Waals surface area contributed by atoms with E-state index in [2.05, 4.69) is 10.6 Å². The Morgan fingerprint density at radius 1 is 1.19 bits per heavy atom. The van der Waals surface area contributed by atoms with Gasteiger partial charge in [0.1, 0.15) is 5.75 Å². The van der Waals surface area contributed by atoms with Crippen molar-refractivity contribution in [1.82, 2.24) is 10.6 Å². The van der Waals surface area contributed by atoms with Crippen LogP contribution in [0.3, 0.4) is 0 Å². The summed E-state index contributed by atoms with van der Waals surface area (Å²) in [6, 6.07) is 11.8. The number of benzene rings is 2. The van der Waals surface area contributed by atoms with Gasteiger partial charge >= 0.3 is 0 Å². The zero-order valence-corrected chi connectivity index (χ0v) is 14.6. The van der Waals surface area contributed by atoms with Crippen LogP contribution in [-0.2, 0) is 0 Å². The summed E-state index contributed by atoms with van der Waals surface area (Å²) in [5, 5.41) is 25.9. The number of aliphatic hydroxyl groups is 1. The van der Waals surface area contributed by atoms with E-state index in [0.29, 0.717) is 18.5 Å². The maximum atomic E-state index is 12.4. The van der Waals surface area contributed by atoms with Gasteiger partial charge < -0.3 is 20.8 Å². The Morgan fingerprint density at radius 3 is 2.65 bits per heavy atom. The standard InChI is InChI=1S/C20H22N2O4/c1-13(23)17-10-15(5-6-18(17)24)14-3-2-4-16(9-14)19(25)22-12-20(26)7-8-21-11-20/h2-6,9-10,21,24,26H,7-8,11-12H2,1H3,(H,22,25). The van der Waals surface area contributed by atoms with Gasteiger partial charge in [0.15, 0.2) is 5.78 Å². The number of amides is 1. The minimum absolute atomic E-state index is 0.0615. The lowest BCUT2D eigenvalue weighted by molar-refractivity contribution is 0.0562. The maximum Gasteiger partial charge on any atom is 0.251 e. The minimum atomic E-state index is -0.902. The summed E-state index contributed by atoms with van der Waals surface area (Å²) in [7, 11) is 0. The van der Waals surface area contributed by atoms with Crippen LogP contribution in [-0.4, -0.2) is 47.1 Å². The molecule has 6 nitrogen and oxygen atoms in total. The Kier molecular flexibility index (Phi) is 5.06. The van der Waals surface area contributed by atoms with Gasteiger partial charge in [-0.1, -0.05) is 18.2 Å². The molecule has 2 aromatic rings. The molecular formula is C20H22N2O4. The molecule has 2 aromatic carbocycles. The van der Waals surface area contributed by atoms with Crippen molar-refractivity contribution in [3.63, 3.8) is 0 Å². The highest BCUT2D eigenvalue weighted by molar-refractivity contribution is 5.98. The summed E-state index contributed by atoms with van der Waals surface area (Å²) in [5.41, 5.74) is 1.31. The Labute approximate surface area is 151 Å². The molecule has 26 heavy (non-hydrogen) atoms. The number of hydrogen-bond acceptors (Lipinski definition) is 5. The van der Waals surface area contributed by atoms with Crippen LogP contribution in [0.15, 0.2) is 42.5 Å². The Balaban J connectivity index is 1.79. The zero-order valence-electron chi connectivity index (χ0n) is 14.6. The van der Waals surface area contributed by atoms with Gasteiger partial charge in [-0.25, -0.2) is 0 Å². The average Bonchev–Trinajstić information content (AvgIpc) is 3.07. The second kappa shape index (κ2) is 7.27. The van der Waals surface area contributed by atoms with Crippen molar-refractivity contribution in [3.8, 4) is 16.9 Å². The van der Waals surface area contributed by atoms with Crippen LogP contribution in [0.1, 0.15) is 34.1 Å². The van der Waals surface area contributed by atoms with E-state index in [0.717, 1.165) is 17.7 Å². The van der Waals surface area contributed by atoms with Crippen LogP contribution < -0.4 is 10.6 Å². The van der Waals surface area contributed by atoms with Crippen LogP contribution >= 0.6 is 0 Å². The molecule has 0 bridgehead atoms. The molecule has 0 saturated carbocycles. The van der Waals surface area contributed by atoms with Crippen LogP contribution in [0.25, 0.3) is 11.1 Å². The fourth-order valence-corrected chi connectivity index (χ4v) is 3.07. The second-order valence-electron chi connectivity index (χ2n) is 6.70. The summed E-state index contributed by atoms with van der Waals surface area (Å²) in [6.45, 7) is 2.79. The molecule has 1 aliphatic heterocycles. The van der Waals surface area contributed by atoms with Crippen molar-refractivity contribution in [1.29, 1.82) is 0 Å². The van der Waals surface area contributed by atoms with E-state index in [4.69, 9.17) is 0 Å². The number of aromatic hydroxyl groups is 1. The number of rotatable bonds is 5. The molecule has 0 aromatic heterocycles. The van der Waals surface area contributed by atoms with Crippen molar-refractivity contribution >= 4 is 11.7 Å². The summed E-state index contributed by atoms with van der Waals surface area (Å²) < 4.78 is 0. The fraction of sp³-hybridized carbons (Fsp3) is 0.300. The van der Waals surface area contributed by atoms with Gasteiger partial charge in [0.2, 0.25) is 0 Å². The zero-order chi connectivity index (χ0) is 18.7. The molecule has 1 amide bonds. The third kappa shape index (κ3) is 3.92. The van der Waals surface area contributed by atoms with E-state index >= 15 is 0 Å². The SMILES string of the molecule is CC(=O)c1cc(-c2cccc(C(=O)NCC3(O)CCNC3)c2)ccc1O. The normalized spacial score (nSPS) is 19.3. The van der Waals surface area contributed by atoms with Crippen molar-refractivity contribution in [2.24, 2.45) is 0 Å². The van der Waals surface area contributed by atoms with Crippen LogP contribution in [0.4, 0.5) is 0 Å². The lowest BCUT2D eigenvalue weighted by Gasteiger charge is -2.21. The third-order valence-corrected chi connectivity index (χ3v) is 4.63. The summed E-state index contributed by atoms with van der Waals surface area (Å²) in [6.07, 6.45) is 0.606. The number of carbonyl (C=O) groups is 2. The summed E-state index contributed by atoms with van der Waals surface area (Å²) in [4.78, 5) is 24.0. The Hall–Kier alpha value is -2.70. The molecule has 1 saturated heterocycles. The monoisotopic (exact) mass is 354 g/mol. The van der Waals surface area contributed by atoms with Gasteiger partial charge in [-0.3, -0.25) is 9.59 Å². The van der Waals surface area contributed by atoms with E-state index in [1.54, 1.807) is 30.3 Å². The van der Waals surface area contributed by atoms with Crippen LogP contribution in [0.2, 0.25) is 0 Å². The highest BCUT2D eigenvalue weighted by Crippen LogP contribution is 2.27. The number of ketones is 1. The first-order valence-corrected chi connectivity index (χ1v) is 8.54. The minimum Gasteiger partial charge on any atom is -0.507 e.